The molecule has 0 saturated heterocycles. The van der Waals surface area contributed by atoms with E-state index in [9.17, 15) is 0 Å². The number of aromatic amines is 1. The summed E-state index contributed by atoms with van der Waals surface area (Å²) in [6.45, 7) is 5.47. The van der Waals surface area contributed by atoms with Crippen molar-refractivity contribution in [1.82, 2.24) is 30.4 Å². The van der Waals surface area contributed by atoms with Gasteiger partial charge in [-0.1, -0.05) is 24.3 Å². The molecule has 3 N–H and O–H groups in total. The van der Waals surface area contributed by atoms with Gasteiger partial charge in [-0.2, -0.15) is 5.10 Å². The Morgan fingerprint density at radius 3 is 2.68 bits per heavy atom. The fourth-order valence-electron chi connectivity index (χ4n) is 3.57. The molecule has 0 atom stereocenters. The minimum atomic E-state index is 0. The maximum Gasteiger partial charge on any atom is 0.191 e. The van der Waals surface area contributed by atoms with E-state index in [0.717, 1.165) is 41.7 Å². The fraction of sp³-hybridized carbons (Fsp3) is 0.261. The van der Waals surface area contributed by atoms with Gasteiger partial charge in [0.25, 0.3) is 0 Å². The van der Waals surface area contributed by atoms with Crippen molar-refractivity contribution in [1.29, 1.82) is 0 Å². The summed E-state index contributed by atoms with van der Waals surface area (Å²) in [7, 11) is 1.78. The van der Waals surface area contributed by atoms with E-state index in [1.807, 2.05) is 42.9 Å². The van der Waals surface area contributed by atoms with E-state index in [-0.39, 0.29) is 24.0 Å². The zero-order valence-electron chi connectivity index (χ0n) is 18.0. The fourth-order valence-corrected chi connectivity index (χ4v) is 3.57. The van der Waals surface area contributed by atoms with E-state index < -0.39 is 0 Å². The standard InChI is InChI=1S/C23H27N7.HI/c1-16-12-17(2)30(29-16)22-9-8-18(13-27-22)14-28-23(24-3)25-11-10-19-15-26-21-7-5-4-6-20(19)21;/h4-9,12-13,15,26H,10-11,14H2,1-3H3,(H2,24,25,28);1H. The SMILES string of the molecule is CN=C(NCCc1c[nH]c2ccccc12)NCc1ccc(-n2nc(C)cc2C)nc1.I. The number of hydrogen-bond acceptors (Lipinski definition) is 3. The van der Waals surface area contributed by atoms with Gasteiger partial charge >= 0.3 is 0 Å². The predicted octanol–water partition coefficient (Wildman–Crippen LogP) is 3.89. The second-order valence-electron chi connectivity index (χ2n) is 7.33. The van der Waals surface area contributed by atoms with Crippen molar-refractivity contribution in [3.63, 3.8) is 0 Å². The zero-order chi connectivity index (χ0) is 20.9. The first-order valence-corrected chi connectivity index (χ1v) is 10.1. The lowest BCUT2D eigenvalue weighted by molar-refractivity contribution is 0.785. The minimum absolute atomic E-state index is 0. The molecule has 1 aromatic carbocycles. The second-order valence-corrected chi connectivity index (χ2v) is 7.33. The van der Waals surface area contributed by atoms with Crippen LogP contribution in [0.2, 0.25) is 0 Å². The van der Waals surface area contributed by atoms with Gasteiger partial charge in [-0.3, -0.25) is 4.99 Å². The Kier molecular flexibility index (Phi) is 7.67. The smallest absolute Gasteiger partial charge is 0.191 e. The van der Waals surface area contributed by atoms with Gasteiger partial charge in [-0.05, 0) is 49.6 Å². The third kappa shape index (κ3) is 5.43. The van der Waals surface area contributed by atoms with Crippen LogP contribution in [0.1, 0.15) is 22.5 Å². The van der Waals surface area contributed by atoms with Crippen LogP contribution in [0.4, 0.5) is 0 Å². The van der Waals surface area contributed by atoms with Crippen LogP contribution in [0.15, 0.2) is 59.9 Å². The van der Waals surface area contributed by atoms with Crippen LogP contribution >= 0.6 is 24.0 Å². The van der Waals surface area contributed by atoms with Crippen LogP contribution in [-0.2, 0) is 13.0 Å². The number of benzene rings is 1. The summed E-state index contributed by atoms with van der Waals surface area (Å²) < 4.78 is 1.86. The third-order valence-corrected chi connectivity index (χ3v) is 5.08. The van der Waals surface area contributed by atoms with E-state index >= 15 is 0 Å². The largest absolute Gasteiger partial charge is 0.361 e. The summed E-state index contributed by atoms with van der Waals surface area (Å²) in [5, 5.41) is 12.5. The number of halogens is 1. The number of aliphatic imine (C=N–C) groups is 1. The Bertz CT molecular complexity index is 1160. The second kappa shape index (κ2) is 10.4. The quantitative estimate of drug-likeness (QED) is 0.201. The molecular formula is C23H28IN7. The highest BCUT2D eigenvalue weighted by Crippen LogP contribution is 2.17. The van der Waals surface area contributed by atoms with Gasteiger partial charge in [0.15, 0.2) is 11.8 Å². The molecule has 162 valence electrons. The number of aryl methyl sites for hydroxylation is 2. The molecule has 0 saturated carbocycles. The highest BCUT2D eigenvalue weighted by molar-refractivity contribution is 14.0. The molecule has 4 aromatic rings. The van der Waals surface area contributed by atoms with Crippen molar-refractivity contribution < 1.29 is 0 Å². The van der Waals surface area contributed by atoms with Crippen molar-refractivity contribution >= 4 is 40.8 Å². The molecule has 0 unspecified atom stereocenters. The molecule has 0 spiro atoms. The first-order chi connectivity index (χ1) is 14.6. The Morgan fingerprint density at radius 2 is 1.97 bits per heavy atom. The molecule has 3 heterocycles. The molecule has 31 heavy (non-hydrogen) atoms. The van der Waals surface area contributed by atoms with Crippen LogP contribution in [0.5, 0.6) is 0 Å². The Morgan fingerprint density at radius 1 is 1.13 bits per heavy atom. The van der Waals surface area contributed by atoms with Crippen molar-refractivity contribution in [2.45, 2.75) is 26.8 Å². The first kappa shape index (κ1) is 22.8. The van der Waals surface area contributed by atoms with Gasteiger partial charge in [-0.15, -0.1) is 24.0 Å². The Labute approximate surface area is 199 Å². The number of H-pyrrole nitrogens is 1. The van der Waals surface area contributed by atoms with Gasteiger partial charge in [0, 0.05) is 49.1 Å². The number of nitrogens with zero attached hydrogens (tertiary/aromatic N) is 4. The van der Waals surface area contributed by atoms with Gasteiger partial charge in [-0.25, -0.2) is 9.67 Å². The highest BCUT2D eigenvalue weighted by atomic mass is 127. The monoisotopic (exact) mass is 529 g/mol. The maximum absolute atomic E-state index is 4.55. The average molecular weight is 529 g/mol. The molecule has 7 nitrogen and oxygen atoms in total. The molecular weight excluding hydrogens is 501 g/mol. The number of para-hydroxylation sites is 1. The number of guanidine groups is 1. The third-order valence-electron chi connectivity index (χ3n) is 5.08. The zero-order valence-corrected chi connectivity index (χ0v) is 20.3. The molecule has 8 heteroatoms. The molecule has 4 rings (SSSR count). The normalized spacial score (nSPS) is 11.4. The van der Waals surface area contributed by atoms with E-state index in [1.165, 1.54) is 16.5 Å². The van der Waals surface area contributed by atoms with Crippen molar-refractivity contribution in [2.24, 2.45) is 4.99 Å². The van der Waals surface area contributed by atoms with Crippen LogP contribution in [0, 0.1) is 13.8 Å². The van der Waals surface area contributed by atoms with Gasteiger partial charge in [0.05, 0.1) is 5.69 Å². The first-order valence-electron chi connectivity index (χ1n) is 10.1. The summed E-state index contributed by atoms with van der Waals surface area (Å²) >= 11 is 0. The molecule has 0 amide bonds. The van der Waals surface area contributed by atoms with Gasteiger partial charge in [0.1, 0.15) is 0 Å². The number of pyridine rings is 1. The number of aromatic nitrogens is 4. The van der Waals surface area contributed by atoms with Crippen molar-refractivity contribution in [2.75, 3.05) is 13.6 Å². The number of fused-ring (bicyclic) bond motifs is 1. The topological polar surface area (TPSA) is 82.9 Å². The lowest BCUT2D eigenvalue weighted by Crippen LogP contribution is -2.37. The summed E-state index contributed by atoms with van der Waals surface area (Å²) in [5.41, 5.74) is 5.62. The van der Waals surface area contributed by atoms with Crippen molar-refractivity contribution in [3.8, 4) is 5.82 Å². The van der Waals surface area contributed by atoms with Crippen molar-refractivity contribution in [3.05, 3.63) is 77.4 Å². The van der Waals surface area contributed by atoms with E-state index in [4.69, 9.17) is 0 Å². The minimum Gasteiger partial charge on any atom is -0.361 e. The molecule has 0 aliphatic carbocycles. The summed E-state index contributed by atoms with van der Waals surface area (Å²) in [5.74, 6) is 1.60. The molecule has 0 aliphatic heterocycles. The molecule has 0 bridgehead atoms. The van der Waals surface area contributed by atoms with Crippen LogP contribution in [0.3, 0.4) is 0 Å². The predicted molar refractivity (Wildman–Crippen MR) is 136 cm³/mol. The molecule has 0 radical (unpaired) electrons. The van der Waals surface area contributed by atoms with Crippen LogP contribution in [0.25, 0.3) is 16.7 Å². The van der Waals surface area contributed by atoms with E-state index in [0.29, 0.717) is 6.54 Å². The number of nitrogens with one attached hydrogen (secondary N) is 3. The van der Waals surface area contributed by atoms with Crippen LogP contribution < -0.4 is 10.6 Å². The highest BCUT2D eigenvalue weighted by Gasteiger charge is 2.06. The van der Waals surface area contributed by atoms with Crippen LogP contribution in [-0.4, -0.2) is 39.3 Å². The molecule has 3 aromatic heterocycles. The van der Waals surface area contributed by atoms with E-state index in [1.54, 1.807) is 7.05 Å². The molecule has 0 aliphatic rings. The number of hydrogen-bond donors (Lipinski definition) is 3. The average Bonchev–Trinajstić information content (AvgIpc) is 3.33. The summed E-state index contributed by atoms with van der Waals surface area (Å²) in [6, 6.07) is 14.5. The summed E-state index contributed by atoms with van der Waals surface area (Å²) in [6.07, 6.45) is 4.88. The summed E-state index contributed by atoms with van der Waals surface area (Å²) in [4.78, 5) is 12.2. The van der Waals surface area contributed by atoms with E-state index in [2.05, 4.69) is 61.2 Å². The lowest BCUT2D eigenvalue weighted by Gasteiger charge is -2.12. The number of rotatable bonds is 6. The van der Waals surface area contributed by atoms with Gasteiger partial charge < -0.3 is 15.6 Å². The molecule has 0 fully saturated rings. The van der Waals surface area contributed by atoms with Gasteiger partial charge in [0.2, 0.25) is 0 Å². The lowest BCUT2D eigenvalue weighted by atomic mass is 10.1. The Hall–Kier alpha value is -2.88. The Balaban J connectivity index is 0.00000272. The maximum atomic E-state index is 4.55.